The Morgan fingerprint density at radius 1 is 0.621 bits per heavy atom. The number of nitrogens with zero attached hydrogens (tertiary/aromatic N) is 5. The number of amides is 8. The van der Waals surface area contributed by atoms with Crippen molar-refractivity contribution in [2.24, 2.45) is 10.7 Å². The average molecular weight is 1230 g/mol. The summed E-state index contributed by atoms with van der Waals surface area (Å²) in [5.74, 6) is -8.85. The monoisotopic (exact) mass is 1230 g/mol. The molecule has 0 saturated carbocycles. The van der Waals surface area contributed by atoms with Crippen molar-refractivity contribution in [3.05, 3.63) is 95.1 Å². The predicted molar refractivity (Wildman–Crippen MR) is 313 cm³/mol. The van der Waals surface area contributed by atoms with Crippen LogP contribution in [-0.2, 0) is 40.1 Å². The summed E-state index contributed by atoms with van der Waals surface area (Å²) < 4.78 is 35.3. The second kappa shape index (κ2) is 39.0. The van der Waals surface area contributed by atoms with E-state index < -0.39 is 89.1 Å². The molecule has 0 spiro atoms. The third-order valence-corrected chi connectivity index (χ3v) is 13.3. The van der Waals surface area contributed by atoms with Gasteiger partial charge in [-0.2, -0.15) is 4.99 Å². The molecule has 4 rings (SSSR count). The molecule has 1 aliphatic heterocycles. The van der Waals surface area contributed by atoms with Crippen molar-refractivity contribution in [2.75, 3.05) is 118 Å². The zero-order chi connectivity index (χ0) is 63.5. The van der Waals surface area contributed by atoms with Crippen LogP contribution >= 0.6 is 0 Å². The standard InChI is InChI=1S/C56H81F2N15O14/c1-2-46(75)61-19-20-64-55(85)67-54(59)62-17-9-14-45(52(83)65-33-42-43(57)31-40(74)32-44(42)58)66-53(84)51(38-10-4-3-5-11-38)39-12-8-13-41(30-39)87-29-7-6-16-63-56(86)69-68-47(76)15-18-60-37-73-27-25-71(35-49(79)80)23-21-70(34-48(77)78)22-24-72(26-28-73)36-50(81)82/h3-5,8,10-13,30-32,45,51,60,74H,2,6-7,9,14-29,33-37H2,1H3,(H,61,75)(H,65,83)(H,66,84)(H,68,76)(H,77,78)(H,79,80)(H,81,82)(H2,63,69,86)(H4,59,62,64,67,85)/t45-,51+/m1/s1. The van der Waals surface area contributed by atoms with Gasteiger partial charge in [-0.25, -0.2) is 23.8 Å². The maximum Gasteiger partial charge on any atom is 0.344 e. The lowest BCUT2D eigenvalue weighted by atomic mass is 9.90. The Bertz CT molecular complexity index is 2720. The molecule has 2 atom stereocenters. The molecule has 0 radical (unpaired) electrons. The lowest BCUT2D eigenvalue weighted by Gasteiger charge is -2.33. The van der Waals surface area contributed by atoms with Gasteiger partial charge in [0.15, 0.2) is 5.96 Å². The number of rotatable bonds is 32. The van der Waals surface area contributed by atoms with E-state index in [2.05, 4.69) is 53.1 Å². The lowest BCUT2D eigenvalue weighted by molar-refractivity contribution is -0.140. The van der Waals surface area contributed by atoms with Gasteiger partial charge >= 0.3 is 30.0 Å². The molecule has 0 bridgehead atoms. The number of ether oxygens (including phenoxy) is 1. The molecule has 478 valence electrons. The van der Waals surface area contributed by atoms with Crippen molar-refractivity contribution < 1.29 is 77.1 Å². The highest BCUT2D eigenvalue weighted by Crippen LogP contribution is 2.28. The Balaban J connectivity index is 1.26. The number of unbranched alkanes of at least 4 members (excludes halogenated alkanes) is 1. The Hall–Kier alpha value is -8.78. The molecule has 0 aliphatic carbocycles. The zero-order valence-corrected chi connectivity index (χ0v) is 48.6. The molecule has 87 heavy (non-hydrogen) atoms. The minimum Gasteiger partial charge on any atom is -0.508 e. The van der Waals surface area contributed by atoms with Gasteiger partial charge in [0.25, 0.3) is 0 Å². The molecular weight excluding hydrogens is 1140 g/mol. The summed E-state index contributed by atoms with van der Waals surface area (Å²) in [6.07, 6.45) is 1.36. The number of phenolic OH excluding ortho intramolecular Hbond substituents is 1. The highest BCUT2D eigenvalue weighted by atomic mass is 19.1. The minimum atomic E-state index is -1.27. The summed E-state index contributed by atoms with van der Waals surface area (Å²) in [5, 5.41) is 56.9. The van der Waals surface area contributed by atoms with Crippen LogP contribution in [0.1, 0.15) is 68.1 Å². The molecule has 3 aromatic rings. The molecule has 15 N–H and O–H groups in total. The minimum absolute atomic E-state index is 0.0205. The van der Waals surface area contributed by atoms with Gasteiger partial charge in [-0.3, -0.25) is 58.6 Å². The first kappa shape index (κ1) is 70.7. The van der Waals surface area contributed by atoms with Crippen LogP contribution in [0.5, 0.6) is 11.5 Å². The van der Waals surface area contributed by atoms with Crippen LogP contribution in [0.25, 0.3) is 0 Å². The number of benzene rings is 3. The number of nitrogens with two attached hydrogens (primary N) is 1. The molecule has 1 saturated heterocycles. The largest absolute Gasteiger partial charge is 0.508 e. The first-order valence-corrected chi connectivity index (χ1v) is 28.4. The van der Waals surface area contributed by atoms with E-state index in [0.717, 1.165) is 0 Å². The second-order valence-electron chi connectivity index (χ2n) is 20.1. The van der Waals surface area contributed by atoms with Crippen LogP contribution in [0.15, 0.2) is 71.7 Å². The van der Waals surface area contributed by atoms with Crippen LogP contribution in [0.2, 0.25) is 0 Å². The summed E-state index contributed by atoms with van der Waals surface area (Å²) in [7, 11) is 0. The fourth-order valence-corrected chi connectivity index (χ4v) is 8.79. The fourth-order valence-electron chi connectivity index (χ4n) is 8.79. The number of phenols is 1. The number of hydrogen-bond donors (Lipinski definition) is 14. The maximum absolute atomic E-state index is 14.7. The first-order chi connectivity index (χ1) is 41.7. The molecule has 1 fully saturated rings. The third kappa shape index (κ3) is 28.8. The smallest absolute Gasteiger partial charge is 0.344 e. The molecule has 31 heteroatoms. The van der Waals surface area contributed by atoms with Gasteiger partial charge in [-0.1, -0.05) is 49.4 Å². The van der Waals surface area contributed by atoms with Gasteiger partial charge in [0.05, 0.1) is 32.2 Å². The molecule has 1 aliphatic rings. The van der Waals surface area contributed by atoms with Crippen LogP contribution in [0, 0.1) is 11.6 Å². The van der Waals surface area contributed by atoms with Crippen molar-refractivity contribution >= 4 is 59.6 Å². The van der Waals surface area contributed by atoms with E-state index in [1.165, 1.54) is 0 Å². The van der Waals surface area contributed by atoms with E-state index in [4.69, 9.17) is 10.5 Å². The summed E-state index contributed by atoms with van der Waals surface area (Å²) in [4.78, 5) is 122. The van der Waals surface area contributed by atoms with E-state index in [0.29, 0.717) is 68.0 Å². The quantitative estimate of drug-likeness (QED) is 0.0161. The zero-order valence-electron chi connectivity index (χ0n) is 48.6. The Morgan fingerprint density at radius 3 is 1.79 bits per heavy atom. The number of carbonyl (C=O) groups is 9. The Morgan fingerprint density at radius 2 is 1.20 bits per heavy atom. The highest BCUT2D eigenvalue weighted by Gasteiger charge is 2.29. The number of carboxylic acid groups (broad SMARTS) is 3. The van der Waals surface area contributed by atoms with E-state index in [-0.39, 0.29) is 129 Å². The number of carbonyl (C=O) groups excluding carboxylic acids is 6. The summed E-state index contributed by atoms with van der Waals surface area (Å²) in [6, 6.07) is 14.2. The molecule has 3 aromatic carbocycles. The molecule has 0 unspecified atom stereocenters. The van der Waals surface area contributed by atoms with Crippen molar-refractivity contribution in [1.82, 2.24) is 67.7 Å². The first-order valence-electron chi connectivity index (χ1n) is 28.4. The van der Waals surface area contributed by atoms with Crippen LogP contribution < -0.4 is 58.5 Å². The maximum atomic E-state index is 14.7. The number of hydrazine groups is 1. The lowest BCUT2D eigenvalue weighted by Crippen LogP contribution is -2.50. The van der Waals surface area contributed by atoms with Gasteiger partial charge < -0.3 is 68.1 Å². The van der Waals surface area contributed by atoms with E-state index in [1.807, 2.05) is 4.90 Å². The van der Waals surface area contributed by atoms with Crippen molar-refractivity contribution in [3.8, 4) is 11.5 Å². The topological polar surface area (TPSA) is 403 Å². The van der Waals surface area contributed by atoms with Gasteiger partial charge in [0.2, 0.25) is 23.6 Å². The van der Waals surface area contributed by atoms with E-state index in [1.54, 1.807) is 76.2 Å². The molecule has 1 heterocycles. The highest BCUT2D eigenvalue weighted by molar-refractivity contribution is 5.93. The van der Waals surface area contributed by atoms with E-state index in [9.17, 15) is 72.4 Å². The van der Waals surface area contributed by atoms with Gasteiger partial charge in [0.1, 0.15) is 29.2 Å². The SMILES string of the molecule is CCC(=O)NCCNC(=O)/N=C(/N)NCCC[C@@H](NC(=O)[C@@H](c1ccccc1)c1cccc(OCCCCNC(=O)NNC(=O)CCNCN2CCN(CC(=O)O)CCN(CC(=O)O)CCN(CC(=O)O)CC2)c1)C(=O)NCc1c(F)cc(O)cc1F. The van der Waals surface area contributed by atoms with E-state index >= 15 is 0 Å². The number of urea groups is 2. The van der Waals surface area contributed by atoms with Crippen LogP contribution in [0.3, 0.4) is 0 Å². The number of carboxylic acids is 3. The molecule has 29 nitrogen and oxygen atoms in total. The van der Waals surface area contributed by atoms with Crippen molar-refractivity contribution in [1.29, 1.82) is 0 Å². The van der Waals surface area contributed by atoms with Crippen molar-refractivity contribution in [3.63, 3.8) is 0 Å². The predicted octanol–water partition coefficient (Wildman–Crippen LogP) is -0.574. The number of aliphatic imine (C=N–C) groups is 1. The molecule has 8 amide bonds. The number of aliphatic carboxylic acids is 3. The van der Waals surface area contributed by atoms with Crippen molar-refractivity contribution in [2.45, 2.75) is 64.0 Å². The fraction of sp³-hybridized carbons (Fsp3) is 0.500. The van der Waals surface area contributed by atoms with Crippen LogP contribution in [0.4, 0.5) is 18.4 Å². The molecular formula is C56H81F2N15O14. The number of nitrogens with one attached hydrogen (secondary N) is 9. The number of hydrogen-bond acceptors (Lipinski definition) is 16. The normalized spacial score (nSPS) is 14.6. The number of guanidine groups is 1. The van der Waals surface area contributed by atoms with Gasteiger partial charge in [0, 0.05) is 129 Å². The van der Waals surface area contributed by atoms with Gasteiger partial charge in [-0.15, -0.1) is 0 Å². The Labute approximate surface area is 502 Å². The summed E-state index contributed by atoms with van der Waals surface area (Å²) in [6.45, 7) is 4.13. The number of halogens is 2. The van der Waals surface area contributed by atoms with Crippen LogP contribution in [-0.4, -0.2) is 224 Å². The van der Waals surface area contributed by atoms with Gasteiger partial charge in [-0.05, 0) is 48.9 Å². The summed E-state index contributed by atoms with van der Waals surface area (Å²) >= 11 is 0. The number of aromatic hydroxyl groups is 1. The Kier molecular flexibility index (Phi) is 31.7. The molecule has 0 aromatic heterocycles. The third-order valence-electron chi connectivity index (χ3n) is 13.3. The average Bonchev–Trinajstić information content (AvgIpc) is 3.29. The summed E-state index contributed by atoms with van der Waals surface area (Å²) in [5.41, 5.74) is 11.1. The second-order valence-corrected chi connectivity index (χ2v) is 20.1.